The quantitative estimate of drug-likeness (QED) is 0.795. The van der Waals surface area contributed by atoms with Gasteiger partial charge in [0.25, 0.3) is 5.91 Å². The molecule has 0 heterocycles. The van der Waals surface area contributed by atoms with Crippen molar-refractivity contribution in [1.29, 1.82) is 5.26 Å². The van der Waals surface area contributed by atoms with Crippen molar-refractivity contribution in [2.24, 2.45) is 0 Å². The van der Waals surface area contributed by atoms with Gasteiger partial charge in [-0.25, -0.2) is 0 Å². The molecule has 0 aromatic heterocycles. The lowest BCUT2D eigenvalue weighted by atomic mass is 9.94. The average Bonchev–Trinajstić information content (AvgIpc) is 2.60. The lowest BCUT2D eigenvalue weighted by molar-refractivity contribution is -0.134. The fraction of sp³-hybridized carbons (Fsp3) is 0.300. The Bertz CT molecular complexity index is 751. The minimum absolute atomic E-state index is 0.227. The molecule has 0 saturated heterocycles. The third-order valence-corrected chi connectivity index (χ3v) is 4.68. The highest BCUT2D eigenvalue weighted by Gasteiger charge is 2.45. The van der Waals surface area contributed by atoms with Crippen LogP contribution in [0.3, 0.4) is 0 Å². The van der Waals surface area contributed by atoms with Crippen molar-refractivity contribution in [3.63, 3.8) is 0 Å². The number of rotatable bonds is 6. The highest BCUT2D eigenvalue weighted by molar-refractivity contribution is 6.70. The van der Waals surface area contributed by atoms with Crippen LogP contribution in [0.2, 0.25) is 19.6 Å². The number of hydrogen-bond acceptors (Lipinski definition) is 3. The van der Waals surface area contributed by atoms with Crippen LogP contribution in [-0.4, -0.2) is 14.2 Å². The zero-order valence-corrected chi connectivity index (χ0v) is 16.1. The van der Waals surface area contributed by atoms with Crippen LogP contribution < -0.4 is 5.32 Å². The molecule has 25 heavy (non-hydrogen) atoms. The maximum absolute atomic E-state index is 13.1. The molecule has 0 bridgehead atoms. The zero-order valence-electron chi connectivity index (χ0n) is 15.1. The van der Waals surface area contributed by atoms with Gasteiger partial charge in [-0.15, -0.1) is 0 Å². The molecule has 0 aliphatic heterocycles. The molecule has 2 aromatic rings. The maximum atomic E-state index is 13.1. The van der Waals surface area contributed by atoms with Gasteiger partial charge in [-0.2, -0.15) is 5.26 Å². The number of nitriles is 1. The van der Waals surface area contributed by atoms with Crippen LogP contribution in [0.25, 0.3) is 0 Å². The number of nitrogens with zero attached hydrogens (tertiary/aromatic N) is 1. The van der Waals surface area contributed by atoms with Gasteiger partial charge in [-0.1, -0.05) is 60.7 Å². The monoisotopic (exact) mass is 352 g/mol. The Morgan fingerprint density at radius 2 is 1.60 bits per heavy atom. The molecule has 0 aliphatic rings. The Kier molecular flexibility index (Phi) is 5.78. The molecule has 0 spiro atoms. The molecule has 2 atom stereocenters. The van der Waals surface area contributed by atoms with Gasteiger partial charge < -0.3 is 9.74 Å². The number of carbonyl (C=O) groups is 1. The average molecular weight is 353 g/mol. The first-order valence-corrected chi connectivity index (χ1v) is 11.7. The number of amides is 1. The van der Waals surface area contributed by atoms with E-state index in [1.165, 1.54) is 0 Å². The Balaban J connectivity index is 2.38. The first-order valence-electron chi connectivity index (χ1n) is 8.31. The minimum Gasteiger partial charge on any atom is -0.390 e. The van der Waals surface area contributed by atoms with E-state index in [9.17, 15) is 10.1 Å². The summed E-state index contributed by atoms with van der Waals surface area (Å²) in [7, 11) is -2.17. The summed E-state index contributed by atoms with van der Waals surface area (Å²) in [6.07, 6.45) is 0. The zero-order chi connectivity index (χ0) is 18.5. The summed E-state index contributed by atoms with van der Waals surface area (Å²) >= 11 is 0. The maximum Gasteiger partial charge on any atom is 0.271 e. The van der Waals surface area contributed by atoms with Crippen molar-refractivity contribution < 1.29 is 9.22 Å². The molecule has 2 aromatic carbocycles. The third kappa shape index (κ3) is 4.56. The van der Waals surface area contributed by atoms with Crippen LogP contribution in [0.15, 0.2) is 60.7 Å². The van der Waals surface area contributed by atoms with E-state index in [0.717, 1.165) is 5.56 Å². The molecular formula is C20H24N2O2Si. The molecule has 1 unspecified atom stereocenters. The minimum atomic E-state index is -2.17. The van der Waals surface area contributed by atoms with Gasteiger partial charge in [0, 0.05) is 5.56 Å². The highest BCUT2D eigenvalue weighted by atomic mass is 28.4. The number of nitrogens with one attached hydrogen (secondary N) is 1. The summed E-state index contributed by atoms with van der Waals surface area (Å²) in [5.74, 6) is -0.431. The van der Waals surface area contributed by atoms with Gasteiger partial charge in [-0.05, 0) is 32.1 Å². The van der Waals surface area contributed by atoms with Gasteiger partial charge in [0.05, 0.1) is 6.04 Å². The van der Waals surface area contributed by atoms with E-state index in [4.69, 9.17) is 4.43 Å². The van der Waals surface area contributed by atoms with Crippen LogP contribution in [0.4, 0.5) is 0 Å². The highest BCUT2D eigenvalue weighted by Crippen LogP contribution is 2.30. The summed E-state index contributed by atoms with van der Waals surface area (Å²) < 4.78 is 6.12. The van der Waals surface area contributed by atoms with Crippen molar-refractivity contribution in [2.45, 2.75) is 38.2 Å². The Morgan fingerprint density at radius 3 is 2.08 bits per heavy atom. The topological polar surface area (TPSA) is 62.1 Å². The molecule has 5 heteroatoms. The van der Waals surface area contributed by atoms with E-state index >= 15 is 0 Å². The first-order chi connectivity index (χ1) is 11.8. The van der Waals surface area contributed by atoms with Gasteiger partial charge in [0.1, 0.15) is 6.07 Å². The first kappa shape index (κ1) is 18.9. The lowest BCUT2D eigenvalue weighted by Crippen LogP contribution is -2.51. The van der Waals surface area contributed by atoms with Crippen LogP contribution in [0.5, 0.6) is 0 Å². The van der Waals surface area contributed by atoms with E-state index in [2.05, 4.69) is 11.4 Å². The predicted octanol–water partition coefficient (Wildman–Crippen LogP) is 4.13. The van der Waals surface area contributed by atoms with Crippen LogP contribution in [0, 0.1) is 11.3 Å². The van der Waals surface area contributed by atoms with Crippen LogP contribution >= 0.6 is 0 Å². The molecule has 1 amide bonds. The molecule has 130 valence electrons. The van der Waals surface area contributed by atoms with Crippen molar-refractivity contribution in [2.75, 3.05) is 0 Å². The largest absolute Gasteiger partial charge is 0.390 e. The number of hydrogen-bond donors (Lipinski definition) is 1. The van der Waals surface area contributed by atoms with E-state index in [1.54, 1.807) is 12.1 Å². The fourth-order valence-electron chi connectivity index (χ4n) is 2.63. The fourth-order valence-corrected chi connectivity index (χ4v) is 3.80. The second kappa shape index (κ2) is 7.64. The van der Waals surface area contributed by atoms with E-state index in [0.29, 0.717) is 5.56 Å². The van der Waals surface area contributed by atoms with E-state index in [1.807, 2.05) is 75.1 Å². The molecule has 1 N–H and O–H groups in total. The molecule has 0 fully saturated rings. The summed E-state index contributed by atoms with van der Waals surface area (Å²) in [6.45, 7) is 7.80. The summed E-state index contributed by atoms with van der Waals surface area (Å²) in [4.78, 5) is 13.1. The van der Waals surface area contributed by atoms with Crippen molar-refractivity contribution in [3.05, 3.63) is 71.8 Å². The molecule has 4 nitrogen and oxygen atoms in total. The smallest absolute Gasteiger partial charge is 0.271 e. The third-order valence-electron chi connectivity index (χ3n) is 3.76. The van der Waals surface area contributed by atoms with Gasteiger partial charge in [0.15, 0.2) is 8.32 Å². The standard InChI is InChI=1S/C20H24N2O2Si/c1-16(17-11-7-5-8-12-17)22-19(23)20(15-21,24-25(2,3)4)18-13-9-6-10-14-18/h5-14,16H,1-4H3,(H,22,23)/t16-,20?/m1/s1. The van der Waals surface area contributed by atoms with Crippen LogP contribution in [-0.2, 0) is 14.8 Å². The predicted molar refractivity (Wildman–Crippen MR) is 101 cm³/mol. The SMILES string of the molecule is C[C@@H](NC(=O)C(C#N)(O[Si](C)(C)C)c1ccccc1)c1ccccc1. The normalized spacial score (nSPS) is 14.8. The summed E-state index contributed by atoms with van der Waals surface area (Å²) in [6, 6.07) is 20.6. The second-order valence-corrected chi connectivity index (χ2v) is 11.4. The Labute approximate surface area is 150 Å². The van der Waals surface area contributed by atoms with Crippen molar-refractivity contribution in [3.8, 4) is 6.07 Å². The molecular weight excluding hydrogens is 328 g/mol. The molecule has 2 rings (SSSR count). The van der Waals surface area contributed by atoms with Gasteiger partial charge in [-0.3, -0.25) is 4.79 Å². The Hall–Kier alpha value is -2.42. The second-order valence-electron chi connectivity index (χ2n) is 6.98. The summed E-state index contributed by atoms with van der Waals surface area (Å²) in [5, 5.41) is 12.9. The van der Waals surface area contributed by atoms with Gasteiger partial charge in [0.2, 0.25) is 5.60 Å². The van der Waals surface area contributed by atoms with Crippen molar-refractivity contribution >= 4 is 14.2 Å². The molecule has 0 saturated carbocycles. The van der Waals surface area contributed by atoms with E-state index < -0.39 is 19.8 Å². The lowest BCUT2D eigenvalue weighted by Gasteiger charge is -2.33. The summed E-state index contributed by atoms with van der Waals surface area (Å²) in [5.41, 5.74) is -0.115. The van der Waals surface area contributed by atoms with Crippen molar-refractivity contribution in [1.82, 2.24) is 5.32 Å². The van der Waals surface area contributed by atoms with Gasteiger partial charge >= 0.3 is 0 Å². The molecule has 0 radical (unpaired) electrons. The molecule has 0 aliphatic carbocycles. The Morgan fingerprint density at radius 1 is 1.08 bits per heavy atom. The number of benzene rings is 2. The van der Waals surface area contributed by atoms with Crippen LogP contribution in [0.1, 0.15) is 24.1 Å². The van der Waals surface area contributed by atoms with E-state index in [-0.39, 0.29) is 6.04 Å². The number of carbonyl (C=O) groups excluding carboxylic acids is 1.